The molecule has 1 amide bonds. The van der Waals surface area contributed by atoms with Crippen molar-refractivity contribution in [2.24, 2.45) is 11.1 Å². The highest BCUT2D eigenvalue weighted by Crippen LogP contribution is 2.39. The van der Waals surface area contributed by atoms with E-state index in [0.717, 1.165) is 0 Å². The van der Waals surface area contributed by atoms with E-state index >= 15 is 0 Å². The predicted octanol–water partition coefficient (Wildman–Crippen LogP) is 1.99. The van der Waals surface area contributed by atoms with Gasteiger partial charge in [-0.1, -0.05) is 11.6 Å². The minimum atomic E-state index is -0.653. The van der Waals surface area contributed by atoms with Crippen molar-refractivity contribution in [1.82, 2.24) is 0 Å². The van der Waals surface area contributed by atoms with Gasteiger partial charge in [0.15, 0.2) is 11.5 Å². The van der Waals surface area contributed by atoms with E-state index in [-0.39, 0.29) is 19.2 Å². The highest BCUT2D eigenvalue weighted by Gasteiger charge is 2.27. The number of carbonyl (C=O) groups excluding carboxylic acids is 1. The number of nitrogens with one attached hydrogen (secondary N) is 1. The molecule has 1 aliphatic rings. The number of benzene rings is 1. The largest absolute Gasteiger partial charge is 0.454 e. The zero-order valence-corrected chi connectivity index (χ0v) is 11.0. The maximum atomic E-state index is 12.0. The maximum absolute atomic E-state index is 12.0. The fourth-order valence-electron chi connectivity index (χ4n) is 1.40. The summed E-state index contributed by atoms with van der Waals surface area (Å²) in [5, 5.41) is 3.15. The summed E-state index contributed by atoms with van der Waals surface area (Å²) in [5.41, 5.74) is 5.39. The Hall–Kier alpha value is -1.46. The number of ether oxygens (including phenoxy) is 2. The van der Waals surface area contributed by atoms with Crippen molar-refractivity contribution < 1.29 is 14.3 Å². The Morgan fingerprint density at radius 1 is 1.44 bits per heavy atom. The number of carbonyl (C=O) groups is 1. The van der Waals surface area contributed by atoms with E-state index in [1.807, 2.05) is 0 Å². The van der Waals surface area contributed by atoms with Crippen LogP contribution in [0, 0.1) is 5.41 Å². The Labute approximate surface area is 110 Å². The number of halogens is 1. The van der Waals surface area contributed by atoms with Crippen LogP contribution < -0.4 is 20.5 Å². The molecule has 0 saturated heterocycles. The van der Waals surface area contributed by atoms with Gasteiger partial charge in [-0.25, -0.2) is 0 Å². The van der Waals surface area contributed by atoms with Gasteiger partial charge in [0, 0.05) is 18.7 Å². The van der Waals surface area contributed by atoms with E-state index in [1.54, 1.807) is 26.0 Å². The summed E-state index contributed by atoms with van der Waals surface area (Å²) in [4.78, 5) is 12.0. The zero-order chi connectivity index (χ0) is 13.3. The van der Waals surface area contributed by atoms with Gasteiger partial charge in [-0.15, -0.1) is 0 Å². The molecule has 0 aliphatic carbocycles. The average molecular weight is 271 g/mol. The summed E-state index contributed by atoms with van der Waals surface area (Å²) < 4.78 is 10.4. The smallest absolute Gasteiger partial charge is 0.231 e. The molecule has 1 aliphatic heterocycles. The first kappa shape index (κ1) is 13.0. The monoisotopic (exact) mass is 270 g/mol. The van der Waals surface area contributed by atoms with Crippen LogP contribution in [0.25, 0.3) is 0 Å². The number of hydrogen-bond donors (Lipinski definition) is 2. The molecule has 1 aromatic rings. The van der Waals surface area contributed by atoms with E-state index < -0.39 is 5.41 Å². The van der Waals surface area contributed by atoms with E-state index in [1.165, 1.54) is 0 Å². The molecule has 3 N–H and O–H groups in total. The van der Waals surface area contributed by atoms with Crippen molar-refractivity contribution in [1.29, 1.82) is 0 Å². The van der Waals surface area contributed by atoms with E-state index in [0.29, 0.717) is 22.2 Å². The van der Waals surface area contributed by atoms with Crippen LogP contribution in [0.3, 0.4) is 0 Å². The van der Waals surface area contributed by atoms with Crippen molar-refractivity contribution in [3.8, 4) is 11.5 Å². The maximum Gasteiger partial charge on any atom is 0.231 e. The Kier molecular flexibility index (Phi) is 3.36. The molecule has 2 rings (SSSR count). The predicted molar refractivity (Wildman–Crippen MR) is 69.0 cm³/mol. The van der Waals surface area contributed by atoms with Gasteiger partial charge in [-0.3, -0.25) is 4.79 Å². The fourth-order valence-corrected chi connectivity index (χ4v) is 1.60. The minimum absolute atomic E-state index is 0.164. The molecule has 0 aromatic heterocycles. The number of anilines is 1. The summed E-state index contributed by atoms with van der Waals surface area (Å²) >= 11 is 6.06. The SMILES string of the molecule is CC(C)(CN)C(=O)Nc1cc2c(cc1Cl)OCO2. The van der Waals surface area contributed by atoms with E-state index in [9.17, 15) is 4.79 Å². The zero-order valence-electron chi connectivity index (χ0n) is 10.2. The summed E-state index contributed by atoms with van der Waals surface area (Å²) in [6.45, 7) is 3.95. The molecule has 0 atom stereocenters. The molecule has 0 spiro atoms. The van der Waals surface area contributed by atoms with Gasteiger partial charge in [-0.2, -0.15) is 0 Å². The second-order valence-electron chi connectivity index (χ2n) is 4.73. The molecular formula is C12H15ClN2O3. The van der Waals surface area contributed by atoms with Crippen molar-refractivity contribution in [2.75, 3.05) is 18.7 Å². The third-order valence-corrected chi connectivity index (χ3v) is 3.15. The van der Waals surface area contributed by atoms with Crippen molar-refractivity contribution >= 4 is 23.2 Å². The van der Waals surface area contributed by atoms with Gasteiger partial charge < -0.3 is 20.5 Å². The second-order valence-corrected chi connectivity index (χ2v) is 5.13. The number of fused-ring (bicyclic) bond motifs is 1. The summed E-state index contributed by atoms with van der Waals surface area (Å²) in [7, 11) is 0. The molecule has 0 bridgehead atoms. The molecule has 1 aromatic carbocycles. The molecule has 98 valence electrons. The quantitative estimate of drug-likeness (QED) is 0.881. The van der Waals surface area contributed by atoms with Gasteiger partial charge in [0.2, 0.25) is 12.7 Å². The van der Waals surface area contributed by atoms with Gasteiger partial charge in [-0.05, 0) is 13.8 Å². The van der Waals surface area contributed by atoms with Crippen LogP contribution in [-0.2, 0) is 4.79 Å². The molecule has 0 unspecified atom stereocenters. The lowest BCUT2D eigenvalue weighted by Gasteiger charge is -2.21. The molecule has 6 heteroatoms. The molecule has 5 nitrogen and oxygen atoms in total. The summed E-state index contributed by atoms with van der Waals surface area (Å²) in [6.07, 6.45) is 0. The number of nitrogens with two attached hydrogens (primary N) is 1. The Morgan fingerprint density at radius 2 is 2.06 bits per heavy atom. The highest BCUT2D eigenvalue weighted by molar-refractivity contribution is 6.34. The first-order chi connectivity index (χ1) is 8.44. The lowest BCUT2D eigenvalue weighted by molar-refractivity contribution is -0.123. The first-order valence-electron chi connectivity index (χ1n) is 5.55. The van der Waals surface area contributed by atoms with Crippen LogP contribution >= 0.6 is 11.6 Å². The minimum Gasteiger partial charge on any atom is -0.454 e. The van der Waals surface area contributed by atoms with Crippen LogP contribution in [0.1, 0.15) is 13.8 Å². The molecule has 0 fully saturated rings. The lowest BCUT2D eigenvalue weighted by Crippen LogP contribution is -2.37. The fraction of sp³-hybridized carbons (Fsp3) is 0.417. The third kappa shape index (κ3) is 2.37. The molecule has 0 saturated carbocycles. The number of amides is 1. The first-order valence-corrected chi connectivity index (χ1v) is 5.92. The van der Waals surface area contributed by atoms with Crippen molar-refractivity contribution in [3.63, 3.8) is 0 Å². The van der Waals surface area contributed by atoms with Crippen LogP contribution in [-0.4, -0.2) is 19.2 Å². The molecule has 18 heavy (non-hydrogen) atoms. The summed E-state index contributed by atoms with van der Waals surface area (Å²) in [6, 6.07) is 3.27. The number of rotatable bonds is 3. The van der Waals surface area contributed by atoms with E-state index in [4.69, 9.17) is 26.8 Å². The van der Waals surface area contributed by atoms with E-state index in [2.05, 4.69) is 5.32 Å². The van der Waals surface area contributed by atoms with Crippen molar-refractivity contribution in [3.05, 3.63) is 17.2 Å². The second kappa shape index (κ2) is 4.66. The van der Waals surface area contributed by atoms with Crippen molar-refractivity contribution in [2.45, 2.75) is 13.8 Å². The normalized spacial score (nSPS) is 13.6. The van der Waals surface area contributed by atoms with Gasteiger partial charge in [0.25, 0.3) is 0 Å². The van der Waals surface area contributed by atoms with Crippen LogP contribution in [0.15, 0.2) is 12.1 Å². The van der Waals surface area contributed by atoms with Gasteiger partial charge >= 0.3 is 0 Å². The third-order valence-electron chi connectivity index (χ3n) is 2.84. The standard InChI is InChI=1S/C12H15ClN2O3/c1-12(2,5-14)11(16)15-8-4-10-9(3-7(8)13)17-6-18-10/h3-4H,5-6,14H2,1-2H3,(H,15,16). The summed E-state index contributed by atoms with van der Waals surface area (Å²) in [5.74, 6) is 0.960. The topological polar surface area (TPSA) is 73.6 Å². The highest BCUT2D eigenvalue weighted by atomic mass is 35.5. The van der Waals surface area contributed by atoms with Gasteiger partial charge in [0.1, 0.15) is 0 Å². The Balaban J connectivity index is 2.22. The van der Waals surface area contributed by atoms with Gasteiger partial charge in [0.05, 0.1) is 16.1 Å². The van der Waals surface area contributed by atoms with Crippen LogP contribution in [0.5, 0.6) is 11.5 Å². The average Bonchev–Trinajstić information content (AvgIpc) is 2.76. The Bertz CT molecular complexity index is 488. The molecule has 1 heterocycles. The molecule has 0 radical (unpaired) electrons. The lowest BCUT2D eigenvalue weighted by atomic mass is 9.92. The van der Waals surface area contributed by atoms with Crippen LogP contribution in [0.4, 0.5) is 5.69 Å². The van der Waals surface area contributed by atoms with Crippen LogP contribution in [0.2, 0.25) is 5.02 Å². The molecular weight excluding hydrogens is 256 g/mol. The Morgan fingerprint density at radius 3 is 2.67 bits per heavy atom. The number of hydrogen-bond acceptors (Lipinski definition) is 4.